The van der Waals surface area contributed by atoms with E-state index in [4.69, 9.17) is 17.3 Å². The molecule has 32 heavy (non-hydrogen) atoms. The average Bonchev–Trinajstić information content (AvgIpc) is 3.35. The Labute approximate surface area is 187 Å². The largest absolute Gasteiger partial charge is 0.417 e. The highest BCUT2D eigenvalue weighted by Crippen LogP contribution is 2.36. The molecule has 4 rings (SSSR count). The Morgan fingerprint density at radius 2 is 2.16 bits per heavy atom. The van der Waals surface area contributed by atoms with Crippen LogP contribution >= 0.6 is 11.6 Å². The van der Waals surface area contributed by atoms with Gasteiger partial charge in [0.15, 0.2) is 0 Å². The SMILES string of the molecule is CCc1c[nH]c2ncnc(N3CC[C@](N)(CNC(=O)c4cccc(C(F)(F)F)c4Cl)C3)c12. The highest BCUT2D eigenvalue weighted by molar-refractivity contribution is 6.34. The number of rotatable bonds is 5. The topological polar surface area (TPSA) is 99.9 Å². The number of benzene rings is 1. The number of H-pyrrole nitrogens is 1. The quantitative estimate of drug-likeness (QED) is 0.534. The number of fused-ring (bicyclic) bond motifs is 1. The molecular weight excluding hydrogens is 445 g/mol. The van der Waals surface area contributed by atoms with Gasteiger partial charge in [-0.25, -0.2) is 9.97 Å². The molecule has 0 aliphatic carbocycles. The number of amides is 1. The van der Waals surface area contributed by atoms with Crippen molar-refractivity contribution >= 4 is 34.4 Å². The molecular formula is C21H22ClF3N6O. The van der Waals surface area contributed by atoms with E-state index in [0.29, 0.717) is 19.5 Å². The van der Waals surface area contributed by atoms with Crippen LogP contribution in [0.15, 0.2) is 30.7 Å². The minimum absolute atomic E-state index is 0.0803. The molecule has 0 unspecified atom stereocenters. The highest BCUT2D eigenvalue weighted by atomic mass is 35.5. The van der Waals surface area contributed by atoms with Crippen molar-refractivity contribution in [3.8, 4) is 0 Å². The van der Waals surface area contributed by atoms with Crippen LogP contribution in [0.3, 0.4) is 0 Å². The number of hydrogen-bond acceptors (Lipinski definition) is 5. The number of nitrogens with two attached hydrogens (primary N) is 1. The van der Waals surface area contributed by atoms with Gasteiger partial charge in [-0.1, -0.05) is 24.6 Å². The second-order valence-corrected chi connectivity index (χ2v) is 8.35. The Balaban J connectivity index is 1.48. The first-order chi connectivity index (χ1) is 15.1. The number of hydrogen-bond donors (Lipinski definition) is 3. The Hall–Kier alpha value is -2.85. The zero-order valence-electron chi connectivity index (χ0n) is 17.3. The smallest absolute Gasteiger partial charge is 0.354 e. The van der Waals surface area contributed by atoms with Crippen molar-refractivity contribution in [2.24, 2.45) is 5.73 Å². The van der Waals surface area contributed by atoms with E-state index in [1.165, 1.54) is 12.4 Å². The van der Waals surface area contributed by atoms with E-state index >= 15 is 0 Å². The normalized spacial score (nSPS) is 19.0. The number of carbonyl (C=O) groups excluding carboxylic acids is 1. The number of aromatic nitrogens is 3. The van der Waals surface area contributed by atoms with Crippen LogP contribution in [-0.2, 0) is 12.6 Å². The number of aryl methyl sites for hydroxylation is 1. The monoisotopic (exact) mass is 466 g/mol. The maximum atomic E-state index is 13.1. The van der Waals surface area contributed by atoms with Crippen molar-refractivity contribution < 1.29 is 18.0 Å². The van der Waals surface area contributed by atoms with Crippen LogP contribution in [0.4, 0.5) is 19.0 Å². The number of alkyl halides is 3. The molecule has 1 fully saturated rings. The van der Waals surface area contributed by atoms with E-state index in [1.807, 2.05) is 18.0 Å². The van der Waals surface area contributed by atoms with E-state index in [0.717, 1.165) is 41.0 Å². The average molecular weight is 467 g/mol. The van der Waals surface area contributed by atoms with Gasteiger partial charge in [-0.05, 0) is 30.5 Å². The third kappa shape index (κ3) is 4.12. The van der Waals surface area contributed by atoms with Gasteiger partial charge in [0, 0.05) is 25.8 Å². The second kappa shape index (κ2) is 8.25. The zero-order valence-corrected chi connectivity index (χ0v) is 18.0. The minimum atomic E-state index is -4.65. The number of nitrogens with zero attached hydrogens (tertiary/aromatic N) is 3. The zero-order chi connectivity index (χ0) is 23.1. The van der Waals surface area contributed by atoms with Crippen LogP contribution in [0.1, 0.15) is 34.8 Å². The molecule has 4 N–H and O–H groups in total. The molecule has 1 saturated heterocycles. The molecule has 1 atom stereocenters. The summed E-state index contributed by atoms with van der Waals surface area (Å²) in [5, 5.41) is 2.96. The Morgan fingerprint density at radius 1 is 1.38 bits per heavy atom. The van der Waals surface area contributed by atoms with Crippen molar-refractivity contribution in [1.82, 2.24) is 20.3 Å². The number of anilines is 1. The van der Waals surface area contributed by atoms with Crippen molar-refractivity contribution in [3.05, 3.63) is 52.4 Å². The fraction of sp³-hybridized carbons (Fsp3) is 0.381. The first-order valence-corrected chi connectivity index (χ1v) is 10.5. The fourth-order valence-corrected chi connectivity index (χ4v) is 4.35. The number of aromatic amines is 1. The van der Waals surface area contributed by atoms with Gasteiger partial charge < -0.3 is 20.9 Å². The Bertz CT molecular complexity index is 1160. The summed E-state index contributed by atoms with van der Waals surface area (Å²) in [6, 6.07) is 3.25. The molecule has 1 amide bonds. The summed E-state index contributed by atoms with van der Waals surface area (Å²) in [6.45, 7) is 3.17. The van der Waals surface area contributed by atoms with Crippen molar-refractivity contribution in [3.63, 3.8) is 0 Å². The van der Waals surface area contributed by atoms with Crippen molar-refractivity contribution in [2.45, 2.75) is 31.5 Å². The summed E-state index contributed by atoms with van der Waals surface area (Å²) < 4.78 is 39.2. The molecule has 0 spiro atoms. The van der Waals surface area contributed by atoms with Gasteiger partial charge in [-0.3, -0.25) is 4.79 Å². The predicted molar refractivity (Wildman–Crippen MR) is 116 cm³/mol. The Kier molecular flexibility index (Phi) is 5.76. The molecule has 0 bridgehead atoms. The number of halogens is 4. The standard InChI is InChI=1S/C21H22ClF3N6O/c1-2-12-8-27-17-15(12)18(30-11-29-17)31-7-6-20(26,10-31)9-28-19(32)13-4-3-5-14(16(13)22)21(23,24)25/h3-5,8,11H,2,6-7,9-10,26H2,1H3,(H,28,32)(H,27,29,30)/t20-/m0/s1. The highest BCUT2D eigenvalue weighted by Gasteiger charge is 2.37. The number of carbonyl (C=O) groups is 1. The molecule has 0 saturated carbocycles. The van der Waals surface area contributed by atoms with E-state index in [1.54, 1.807) is 0 Å². The summed E-state index contributed by atoms with van der Waals surface area (Å²) >= 11 is 5.86. The van der Waals surface area contributed by atoms with Gasteiger partial charge in [0.05, 0.1) is 27.1 Å². The number of nitrogens with one attached hydrogen (secondary N) is 2. The summed E-state index contributed by atoms with van der Waals surface area (Å²) in [4.78, 5) is 26.5. The fourth-order valence-electron chi connectivity index (χ4n) is 4.03. The third-order valence-electron chi connectivity index (χ3n) is 5.75. The molecule has 1 aromatic carbocycles. The summed E-state index contributed by atoms with van der Waals surface area (Å²) in [5.41, 5.74) is 6.30. The third-order valence-corrected chi connectivity index (χ3v) is 6.15. The summed E-state index contributed by atoms with van der Waals surface area (Å²) in [7, 11) is 0. The lowest BCUT2D eigenvalue weighted by Gasteiger charge is -2.26. The van der Waals surface area contributed by atoms with Gasteiger partial charge in [-0.2, -0.15) is 13.2 Å². The van der Waals surface area contributed by atoms with E-state index in [-0.39, 0.29) is 12.1 Å². The van der Waals surface area contributed by atoms with Gasteiger partial charge >= 0.3 is 6.18 Å². The molecule has 7 nitrogen and oxygen atoms in total. The summed E-state index contributed by atoms with van der Waals surface area (Å²) in [5.74, 6) is 0.0698. The van der Waals surface area contributed by atoms with Crippen molar-refractivity contribution in [2.75, 3.05) is 24.5 Å². The summed E-state index contributed by atoms with van der Waals surface area (Å²) in [6.07, 6.45) is 0.138. The lowest BCUT2D eigenvalue weighted by molar-refractivity contribution is -0.137. The molecule has 3 aromatic rings. The van der Waals surface area contributed by atoms with Crippen LogP contribution < -0.4 is 16.0 Å². The van der Waals surface area contributed by atoms with Gasteiger partial charge in [0.2, 0.25) is 0 Å². The van der Waals surface area contributed by atoms with E-state index < -0.39 is 28.2 Å². The van der Waals surface area contributed by atoms with Gasteiger partial charge in [0.1, 0.15) is 17.8 Å². The van der Waals surface area contributed by atoms with Crippen LogP contribution in [0.2, 0.25) is 5.02 Å². The van der Waals surface area contributed by atoms with E-state index in [2.05, 4.69) is 20.3 Å². The maximum absolute atomic E-state index is 13.1. The molecule has 1 aliphatic heterocycles. The second-order valence-electron chi connectivity index (χ2n) is 7.97. The lowest BCUT2D eigenvalue weighted by atomic mass is 10.00. The van der Waals surface area contributed by atoms with Crippen LogP contribution in [0.5, 0.6) is 0 Å². The molecule has 0 radical (unpaired) electrons. The van der Waals surface area contributed by atoms with Crippen molar-refractivity contribution in [1.29, 1.82) is 0 Å². The van der Waals surface area contributed by atoms with E-state index in [9.17, 15) is 18.0 Å². The van der Waals surface area contributed by atoms with Gasteiger partial charge in [0.25, 0.3) is 5.91 Å². The van der Waals surface area contributed by atoms with Gasteiger partial charge in [-0.15, -0.1) is 0 Å². The predicted octanol–water partition coefficient (Wildman–Crippen LogP) is 3.53. The molecule has 170 valence electrons. The first kappa shape index (κ1) is 22.3. The molecule has 3 heterocycles. The molecule has 1 aliphatic rings. The first-order valence-electron chi connectivity index (χ1n) is 10.1. The van der Waals surface area contributed by atoms with Crippen LogP contribution in [0.25, 0.3) is 11.0 Å². The Morgan fingerprint density at radius 3 is 2.88 bits per heavy atom. The molecule has 11 heteroatoms. The lowest BCUT2D eigenvalue weighted by Crippen LogP contribution is -2.52. The molecule has 2 aromatic heterocycles. The van der Waals surface area contributed by atoms with Crippen LogP contribution in [-0.4, -0.2) is 46.0 Å². The maximum Gasteiger partial charge on any atom is 0.417 e. The minimum Gasteiger partial charge on any atom is -0.354 e. The van der Waals surface area contributed by atoms with Crippen LogP contribution in [0, 0.1) is 0 Å².